The van der Waals surface area contributed by atoms with Crippen LogP contribution in [0.25, 0.3) is 10.2 Å². The zero-order chi connectivity index (χ0) is 18.1. The molecule has 3 aromatic rings. The number of ether oxygens (including phenoxy) is 2. The first-order valence-electron chi connectivity index (χ1n) is 7.97. The lowest BCUT2D eigenvalue weighted by Crippen LogP contribution is -2.39. The van der Waals surface area contributed by atoms with E-state index in [-0.39, 0.29) is 37.8 Å². The van der Waals surface area contributed by atoms with Crippen molar-refractivity contribution in [1.29, 1.82) is 0 Å². The van der Waals surface area contributed by atoms with Gasteiger partial charge in [0.15, 0.2) is 11.5 Å². The summed E-state index contributed by atoms with van der Waals surface area (Å²) in [4.78, 5) is 39.1. The van der Waals surface area contributed by atoms with E-state index < -0.39 is 5.69 Å². The van der Waals surface area contributed by atoms with Crippen LogP contribution < -0.4 is 26.0 Å². The van der Waals surface area contributed by atoms with Crippen LogP contribution in [0.5, 0.6) is 11.5 Å². The van der Waals surface area contributed by atoms with Gasteiger partial charge in [-0.05, 0) is 29.1 Å². The maximum atomic E-state index is 12.3. The molecule has 8 nitrogen and oxygen atoms in total. The highest BCUT2D eigenvalue weighted by molar-refractivity contribution is 7.17. The van der Waals surface area contributed by atoms with E-state index in [0.29, 0.717) is 21.7 Å². The Morgan fingerprint density at radius 3 is 2.96 bits per heavy atom. The predicted molar refractivity (Wildman–Crippen MR) is 96.0 cm³/mol. The number of aromatic amines is 1. The van der Waals surface area contributed by atoms with E-state index in [1.165, 1.54) is 11.3 Å². The molecule has 0 saturated heterocycles. The normalized spacial score (nSPS) is 12.5. The molecule has 0 saturated carbocycles. The van der Waals surface area contributed by atoms with Crippen LogP contribution in [0.2, 0.25) is 0 Å². The van der Waals surface area contributed by atoms with Gasteiger partial charge in [0, 0.05) is 13.1 Å². The highest BCUT2D eigenvalue weighted by Crippen LogP contribution is 2.32. The van der Waals surface area contributed by atoms with Gasteiger partial charge in [0.2, 0.25) is 12.7 Å². The van der Waals surface area contributed by atoms with Gasteiger partial charge in [-0.25, -0.2) is 4.79 Å². The SMILES string of the molecule is O=C(Cc1ccc2c(c1)OCO2)NCCn1c(=O)[nH]c2ccsc2c1=O. The first kappa shape index (κ1) is 16.4. The molecular formula is C17H15N3O5S. The molecule has 2 aromatic heterocycles. The average molecular weight is 373 g/mol. The van der Waals surface area contributed by atoms with Crippen molar-refractivity contribution >= 4 is 27.5 Å². The maximum absolute atomic E-state index is 12.3. The lowest BCUT2D eigenvalue weighted by atomic mass is 10.1. The third-order valence-electron chi connectivity index (χ3n) is 4.05. The Labute approximate surface area is 151 Å². The second-order valence-corrected chi connectivity index (χ2v) is 6.68. The summed E-state index contributed by atoms with van der Waals surface area (Å²) in [6.07, 6.45) is 0.172. The van der Waals surface area contributed by atoms with E-state index in [1.807, 2.05) is 0 Å². The number of H-pyrrole nitrogens is 1. The van der Waals surface area contributed by atoms with E-state index in [4.69, 9.17) is 9.47 Å². The number of aromatic nitrogens is 2. The van der Waals surface area contributed by atoms with Gasteiger partial charge >= 0.3 is 5.69 Å². The van der Waals surface area contributed by atoms with Crippen LogP contribution in [0.4, 0.5) is 0 Å². The molecule has 0 fully saturated rings. The molecule has 0 bridgehead atoms. The minimum absolute atomic E-state index is 0.106. The number of hydrogen-bond acceptors (Lipinski definition) is 6. The van der Waals surface area contributed by atoms with Crippen LogP contribution >= 0.6 is 11.3 Å². The van der Waals surface area contributed by atoms with Crippen molar-refractivity contribution in [3.63, 3.8) is 0 Å². The fourth-order valence-electron chi connectivity index (χ4n) is 2.78. The molecule has 1 aliphatic rings. The average Bonchev–Trinajstić information content (AvgIpc) is 3.26. The summed E-state index contributed by atoms with van der Waals surface area (Å²) in [5, 5.41) is 4.47. The number of hydrogen-bond donors (Lipinski definition) is 2. The van der Waals surface area contributed by atoms with Crippen molar-refractivity contribution in [2.75, 3.05) is 13.3 Å². The number of nitrogens with one attached hydrogen (secondary N) is 2. The largest absolute Gasteiger partial charge is 0.454 e. The number of carbonyl (C=O) groups excluding carboxylic acids is 1. The maximum Gasteiger partial charge on any atom is 0.328 e. The minimum Gasteiger partial charge on any atom is -0.454 e. The molecular weight excluding hydrogens is 358 g/mol. The Hall–Kier alpha value is -3.07. The van der Waals surface area contributed by atoms with E-state index in [2.05, 4.69) is 10.3 Å². The smallest absolute Gasteiger partial charge is 0.328 e. The van der Waals surface area contributed by atoms with Crippen molar-refractivity contribution in [2.24, 2.45) is 0 Å². The van der Waals surface area contributed by atoms with E-state index in [9.17, 15) is 14.4 Å². The summed E-state index contributed by atoms with van der Waals surface area (Å²) in [6, 6.07) is 7.02. The number of benzene rings is 1. The first-order valence-corrected chi connectivity index (χ1v) is 8.85. The lowest BCUT2D eigenvalue weighted by Gasteiger charge is -2.07. The molecule has 1 aromatic carbocycles. The van der Waals surface area contributed by atoms with Gasteiger partial charge in [-0.1, -0.05) is 6.07 Å². The number of rotatable bonds is 5. The zero-order valence-corrected chi connectivity index (χ0v) is 14.4. The second-order valence-electron chi connectivity index (χ2n) is 5.76. The van der Waals surface area contributed by atoms with Crippen LogP contribution in [-0.2, 0) is 17.8 Å². The van der Waals surface area contributed by atoms with Gasteiger partial charge in [0.25, 0.3) is 5.56 Å². The zero-order valence-electron chi connectivity index (χ0n) is 13.6. The number of fused-ring (bicyclic) bond motifs is 2. The quantitative estimate of drug-likeness (QED) is 0.690. The Morgan fingerprint density at radius 2 is 2.08 bits per heavy atom. The number of thiophene rings is 1. The van der Waals surface area contributed by atoms with Gasteiger partial charge < -0.3 is 19.8 Å². The molecule has 0 aliphatic carbocycles. The Kier molecular flexibility index (Phi) is 4.21. The fraction of sp³-hybridized carbons (Fsp3) is 0.235. The summed E-state index contributed by atoms with van der Waals surface area (Å²) in [5.41, 5.74) is 0.504. The summed E-state index contributed by atoms with van der Waals surface area (Å²) in [6.45, 7) is 0.473. The summed E-state index contributed by atoms with van der Waals surface area (Å²) >= 11 is 1.28. The number of nitrogens with zero attached hydrogens (tertiary/aromatic N) is 1. The minimum atomic E-state index is -0.481. The molecule has 9 heteroatoms. The van der Waals surface area contributed by atoms with Gasteiger partial charge in [-0.2, -0.15) is 0 Å². The third kappa shape index (κ3) is 3.08. The highest BCUT2D eigenvalue weighted by Gasteiger charge is 2.14. The first-order chi connectivity index (χ1) is 12.6. The van der Waals surface area contributed by atoms with E-state index in [0.717, 1.165) is 10.1 Å². The standard InChI is InChI=1S/C17H15N3O5S/c21-14(8-10-1-2-12-13(7-10)25-9-24-12)18-4-5-20-16(22)15-11(3-6-26-15)19-17(20)23/h1-3,6-7H,4-5,8-9H2,(H,18,21)(H,19,23). The summed E-state index contributed by atoms with van der Waals surface area (Å²) < 4.78 is 12.1. The molecule has 134 valence electrons. The second kappa shape index (κ2) is 6.68. The van der Waals surface area contributed by atoms with Gasteiger partial charge in [-0.15, -0.1) is 11.3 Å². The van der Waals surface area contributed by atoms with Gasteiger partial charge in [-0.3, -0.25) is 14.2 Å². The van der Waals surface area contributed by atoms with Crippen LogP contribution in [0.3, 0.4) is 0 Å². The summed E-state index contributed by atoms with van der Waals surface area (Å²) in [7, 11) is 0. The monoisotopic (exact) mass is 373 g/mol. The van der Waals surface area contributed by atoms with Crippen molar-refractivity contribution < 1.29 is 14.3 Å². The van der Waals surface area contributed by atoms with E-state index in [1.54, 1.807) is 29.6 Å². The Morgan fingerprint density at radius 1 is 1.23 bits per heavy atom. The van der Waals surface area contributed by atoms with Crippen molar-refractivity contribution in [1.82, 2.24) is 14.9 Å². The van der Waals surface area contributed by atoms with Gasteiger partial charge in [0.05, 0.1) is 11.9 Å². The summed E-state index contributed by atoms with van der Waals surface area (Å²) in [5.74, 6) is 1.08. The molecule has 1 aliphatic heterocycles. The molecule has 0 spiro atoms. The van der Waals surface area contributed by atoms with E-state index >= 15 is 0 Å². The Bertz CT molecular complexity index is 1100. The van der Waals surface area contributed by atoms with Gasteiger partial charge in [0.1, 0.15) is 4.70 Å². The van der Waals surface area contributed by atoms with Crippen molar-refractivity contribution in [3.8, 4) is 11.5 Å². The number of amides is 1. The molecule has 4 rings (SSSR count). The van der Waals surface area contributed by atoms with Crippen LogP contribution in [-0.4, -0.2) is 28.8 Å². The van der Waals surface area contributed by atoms with Crippen LogP contribution in [0.1, 0.15) is 5.56 Å². The van der Waals surface area contributed by atoms with Crippen molar-refractivity contribution in [3.05, 3.63) is 56.0 Å². The molecule has 1 amide bonds. The topological polar surface area (TPSA) is 102 Å². The predicted octanol–water partition coefficient (Wildman–Crippen LogP) is 0.839. The number of carbonyl (C=O) groups is 1. The fourth-order valence-corrected chi connectivity index (χ4v) is 3.58. The van der Waals surface area contributed by atoms with Crippen LogP contribution in [0.15, 0.2) is 39.2 Å². The molecule has 0 unspecified atom stereocenters. The molecule has 0 atom stereocenters. The van der Waals surface area contributed by atoms with Crippen molar-refractivity contribution in [2.45, 2.75) is 13.0 Å². The molecule has 2 N–H and O–H groups in total. The molecule has 0 radical (unpaired) electrons. The molecule has 3 heterocycles. The molecule has 26 heavy (non-hydrogen) atoms. The van der Waals surface area contributed by atoms with Crippen LogP contribution in [0, 0.1) is 0 Å². The third-order valence-corrected chi connectivity index (χ3v) is 4.95. The highest BCUT2D eigenvalue weighted by atomic mass is 32.1. The lowest BCUT2D eigenvalue weighted by molar-refractivity contribution is -0.120. The Balaban J connectivity index is 1.38.